The third-order valence-electron chi connectivity index (χ3n) is 3.35. The second-order valence-corrected chi connectivity index (χ2v) is 5.35. The Morgan fingerprint density at radius 3 is 2.45 bits per heavy atom. The molecule has 0 radical (unpaired) electrons. The summed E-state index contributed by atoms with van der Waals surface area (Å²) in [7, 11) is 3.31. The standard InChI is InChI=1S/C17H23N3O2/c1-11(2)19-10-12-8-16(22-4)13(9-15(12)21-3)14-6-5-7-17(18)20-14/h5-9,11,19H,10H2,1-4H3,(H2,18,20). The predicted molar refractivity (Wildman–Crippen MR) is 89.2 cm³/mol. The molecule has 0 aliphatic rings. The van der Waals surface area contributed by atoms with E-state index in [1.807, 2.05) is 24.3 Å². The number of aromatic nitrogens is 1. The summed E-state index contributed by atoms with van der Waals surface area (Å²) in [6, 6.07) is 9.85. The van der Waals surface area contributed by atoms with Crippen molar-refractivity contribution in [2.45, 2.75) is 26.4 Å². The summed E-state index contributed by atoms with van der Waals surface area (Å²) in [6.07, 6.45) is 0. The molecule has 5 nitrogen and oxygen atoms in total. The van der Waals surface area contributed by atoms with Crippen molar-refractivity contribution in [1.82, 2.24) is 10.3 Å². The van der Waals surface area contributed by atoms with E-state index in [2.05, 4.69) is 24.1 Å². The lowest BCUT2D eigenvalue weighted by Crippen LogP contribution is -2.22. The molecule has 0 aliphatic heterocycles. The topological polar surface area (TPSA) is 69.4 Å². The van der Waals surface area contributed by atoms with Crippen molar-refractivity contribution >= 4 is 5.82 Å². The highest BCUT2D eigenvalue weighted by atomic mass is 16.5. The highest BCUT2D eigenvalue weighted by Crippen LogP contribution is 2.35. The molecule has 2 rings (SSSR count). The Bertz CT molecular complexity index is 642. The number of nitrogens with one attached hydrogen (secondary N) is 1. The van der Waals surface area contributed by atoms with Crippen LogP contribution in [0.4, 0.5) is 5.82 Å². The zero-order valence-electron chi connectivity index (χ0n) is 13.5. The molecule has 2 aromatic rings. The van der Waals surface area contributed by atoms with Gasteiger partial charge in [0.1, 0.15) is 17.3 Å². The third-order valence-corrected chi connectivity index (χ3v) is 3.35. The quantitative estimate of drug-likeness (QED) is 0.858. The molecule has 5 heteroatoms. The lowest BCUT2D eigenvalue weighted by Gasteiger charge is -2.16. The van der Waals surface area contributed by atoms with Crippen LogP contribution < -0.4 is 20.5 Å². The van der Waals surface area contributed by atoms with Crippen LogP contribution in [0, 0.1) is 0 Å². The van der Waals surface area contributed by atoms with Gasteiger partial charge in [-0.25, -0.2) is 4.98 Å². The minimum absolute atomic E-state index is 0.394. The number of anilines is 1. The highest BCUT2D eigenvalue weighted by molar-refractivity contribution is 5.71. The number of benzene rings is 1. The van der Waals surface area contributed by atoms with E-state index in [4.69, 9.17) is 15.2 Å². The monoisotopic (exact) mass is 301 g/mol. The van der Waals surface area contributed by atoms with Crippen LogP contribution in [0.3, 0.4) is 0 Å². The number of nitrogen functional groups attached to an aromatic ring is 1. The number of nitrogens with two attached hydrogens (primary N) is 1. The molecule has 0 atom stereocenters. The SMILES string of the molecule is COc1cc(-c2cccc(N)n2)c(OC)cc1CNC(C)C. The normalized spacial score (nSPS) is 10.8. The van der Waals surface area contributed by atoms with Gasteiger partial charge >= 0.3 is 0 Å². The Labute approximate surface area is 131 Å². The fourth-order valence-corrected chi connectivity index (χ4v) is 2.21. The maximum absolute atomic E-state index is 5.78. The number of nitrogens with zero attached hydrogens (tertiary/aromatic N) is 1. The number of hydrogen-bond donors (Lipinski definition) is 2. The van der Waals surface area contributed by atoms with Crippen LogP contribution in [0.25, 0.3) is 11.3 Å². The van der Waals surface area contributed by atoms with Crippen LogP contribution in [-0.4, -0.2) is 25.2 Å². The molecule has 3 N–H and O–H groups in total. The molecule has 0 bridgehead atoms. The van der Waals surface area contributed by atoms with E-state index in [9.17, 15) is 0 Å². The maximum Gasteiger partial charge on any atom is 0.128 e. The van der Waals surface area contributed by atoms with Gasteiger partial charge in [0, 0.05) is 23.7 Å². The van der Waals surface area contributed by atoms with E-state index < -0.39 is 0 Å². The van der Waals surface area contributed by atoms with Crippen molar-refractivity contribution in [1.29, 1.82) is 0 Å². The first-order chi connectivity index (χ1) is 10.5. The van der Waals surface area contributed by atoms with Gasteiger partial charge in [-0.1, -0.05) is 19.9 Å². The van der Waals surface area contributed by atoms with Gasteiger partial charge in [0.15, 0.2) is 0 Å². The van der Waals surface area contributed by atoms with Crippen molar-refractivity contribution < 1.29 is 9.47 Å². The molecule has 118 valence electrons. The molecule has 22 heavy (non-hydrogen) atoms. The Kier molecular flexibility index (Phi) is 5.22. The van der Waals surface area contributed by atoms with Gasteiger partial charge in [0.2, 0.25) is 0 Å². The molecule has 0 saturated heterocycles. The fraction of sp³-hybridized carbons (Fsp3) is 0.353. The van der Waals surface area contributed by atoms with E-state index in [0.29, 0.717) is 18.4 Å². The zero-order valence-corrected chi connectivity index (χ0v) is 13.5. The van der Waals surface area contributed by atoms with E-state index >= 15 is 0 Å². The highest BCUT2D eigenvalue weighted by Gasteiger charge is 2.14. The molecule has 0 fully saturated rings. The Morgan fingerprint density at radius 2 is 1.86 bits per heavy atom. The molecule has 1 aromatic carbocycles. The first-order valence-corrected chi connectivity index (χ1v) is 7.26. The molecular weight excluding hydrogens is 278 g/mol. The van der Waals surface area contributed by atoms with E-state index in [1.54, 1.807) is 20.3 Å². The molecular formula is C17H23N3O2. The average molecular weight is 301 g/mol. The number of rotatable bonds is 6. The van der Waals surface area contributed by atoms with Crippen LogP contribution in [0.2, 0.25) is 0 Å². The van der Waals surface area contributed by atoms with Crippen LogP contribution in [-0.2, 0) is 6.54 Å². The van der Waals surface area contributed by atoms with Crippen molar-refractivity contribution in [2.24, 2.45) is 0 Å². The molecule has 0 amide bonds. The van der Waals surface area contributed by atoms with Crippen molar-refractivity contribution in [3.8, 4) is 22.8 Å². The second-order valence-electron chi connectivity index (χ2n) is 5.35. The summed E-state index contributed by atoms with van der Waals surface area (Å²) in [5.74, 6) is 2.02. The second kappa shape index (κ2) is 7.13. The van der Waals surface area contributed by atoms with E-state index in [-0.39, 0.29) is 0 Å². The molecule has 0 aliphatic carbocycles. The molecule has 0 saturated carbocycles. The average Bonchev–Trinajstić information content (AvgIpc) is 2.51. The lowest BCUT2D eigenvalue weighted by atomic mass is 10.0. The Balaban J connectivity index is 2.46. The first kappa shape index (κ1) is 16.1. The molecule has 0 unspecified atom stereocenters. The van der Waals surface area contributed by atoms with Crippen molar-refractivity contribution in [3.63, 3.8) is 0 Å². The Morgan fingerprint density at radius 1 is 1.14 bits per heavy atom. The maximum atomic E-state index is 5.78. The van der Waals surface area contributed by atoms with Crippen molar-refractivity contribution in [3.05, 3.63) is 35.9 Å². The van der Waals surface area contributed by atoms with Gasteiger partial charge in [0.05, 0.1) is 19.9 Å². The van der Waals surface area contributed by atoms with Gasteiger partial charge in [-0.15, -0.1) is 0 Å². The van der Waals surface area contributed by atoms with Gasteiger partial charge in [-0.05, 0) is 24.3 Å². The number of methoxy groups -OCH3 is 2. The zero-order chi connectivity index (χ0) is 16.1. The van der Waals surface area contributed by atoms with Crippen LogP contribution in [0.1, 0.15) is 19.4 Å². The van der Waals surface area contributed by atoms with Crippen molar-refractivity contribution in [2.75, 3.05) is 20.0 Å². The van der Waals surface area contributed by atoms with Gasteiger partial charge in [0.25, 0.3) is 0 Å². The minimum Gasteiger partial charge on any atom is -0.496 e. The smallest absolute Gasteiger partial charge is 0.128 e. The van der Waals surface area contributed by atoms with Gasteiger partial charge in [-0.3, -0.25) is 0 Å². The summed E-state index contributed by atoms with van der Waals surface area (Å²) in [6.45, 7) is 4.92. The van der Waals surface area contributed by atoms with Crippen LogP contribution in [0.15, 0.2) is 30.3 Å². The number of ether oxygens (including phenoxy) is 2. The lowest BCUT2D eigenvalue weighted by molar-refractivity contribution is 0.397. The molecule has 1 aromatic heterocycles. The summed E-state index contributed by atoms with van der Waals surface area (Å²) in [4.78, 5) is 4.36. The minimum atomic E-state index is 0.394. The third kappa shape index (κ3) is 3.68. The number of hydrogen-bond acceptors (Lipinski definition) is 5. The Hall–Kier alpha value is -2.27. The molecule has 1 heterocycles. The summed E-state index contributed by atoms with van der Waals surface area (Å²) in [5.41, 5.74) is 8.44. The van der Waals surface area contributed by atoms with Crippen LogP contribution in [0.5, 0.6) is 11.5 Å². The summed E-state index contributed by atoms with van der Waals surface area (Å²) in [5, 5.41) is 3.38. The van der Waals surface area contributed by atoms with E-state index in [0.717, 1.165) is 28.3 Å². The largest absolute Gasteiger partial charge is 0.496 e. The van der Waals surface area contributed by atoms with Crippen LogP contribution >= 0.6 is 0 Å². The fourth-order valence-electron chi connectivity index (χ4n) is 2.21. The molecule has 0 spiro atoms. The first-order valence-electron chi connectivity index (χ1n) is 7.26. The predicted octanol–water partition coefficient (Wildman–Crippen LogP) is 2.85. The summed E-state index contributed by atoms with van der Waals surface area (Å²) < 4.78 is 11.0. The van der Waals surface area contributed by atoms with E-state index in [1.165, 1.54) is 0 Å². The summed E-state index contributed by atoms with van der Waals surface area (Å²) >= 11 is 0. The van der Waals surface area contributed by atoms with Gasteiger partial charge < -0.3 is 20.5 Å². The number of pyridine rings is 1. The van der Waals surface area contributed by atoms with Gasteiger partial charge in [-0.2, -0.15) is 0 Å².